The number of nitro benzene ring substituents is 1. The van der Waals surface area contributed by atoms with Crippen molar-refractivity contribution in [2.75, 3.05) is 7.11 Å². The Hall–Kier alpha value is -3.90. The number of fused-ring (bicyclic) bond motifs is 1. The van der Waals surface area contributed by atoms with Gasteiger partial charge in [0.25, 0.3) is 5.69 Å². The van der Waals surface area contributed by atoms with Gasteiger partial charge in [-0.3, -0.25) is 19.3 Å². The fraction of sp³-hybridized carbons (Fsp3) is 0.200. The zero-order chi connectivity index (χ0) is 26.0. The Morgan fingerprint density at radius 1 is 1.17 bits per heavy atom. The molecule has 2 aromatic carbocycles. The summed E-state index contributed by atoms with van der Waals surface area (Å²) in [5, 5.41) is 40.2. The molecule has 0 spiro atoms. The number of ether oxygens (including phenoxy) is 1. The summed E-state index contributed by atoms with van der Waals surface area (Å²) in [6.45, 7) is 0.730. The van der Waals surface area contributed by atoms with E-state index in [-0.39, 0.29) is 41.6 Å². The monoisotopic (exact) mass is 509 g/mol. The smallest absolute Gasteiger partial charge is 0.275 e. The number of aliphatic hydroxyl groups excluding tert-OH is 3. The van der Waals surface area contributed by atoms with Crippen LogP contribution in [0.4, 0.5) is 5.69 Å². The summed E-state index contributed by atoms with van der Waals surface area (Å²) in [6.07, 6.45) is 4.80. The number of aliphatic hydroxyl groups is 3. The Morgan fingerprint density at radius 3 is 2.56 bits per heavy atom. The second-order valence-electron chi connectivity index (χ2n) is 7.93. The lowest BCUT2D eigenvalue weighted by Gasteiger charge is -2.12. The third kappa shape index (κ3) is 4.64. The van der Waals surface area contributed by atoms with Gasteiger partial charge < -0.3 is 20.1 Å². The Kier molecular flexibility index (Phi) is 7.27. The van der Waals surface area contributed by atoms with Crippen LogP contribution in [0, 0.1) is 17.0 Å². The molecular weight excluding hydrogens is 486 g/mol. The first-order valence-electron chi connectivity index (χ1n) is 10.8. The molecule has 10 nitrogen and oxygen atoms in total. The number of nitro groups is 1. The number of aromatic nitrogens is 2. The maximum absolute atomic E-state index is 13.1. The van der Waals surface area contributed by atoms with Gasteiger partial charge in [0.1, 0.15) is 5.75 Å². The molecule has 0 radical (unpaired) electrons. The first-order valence-corrected chi connectivity index (χ1v) is 11.6. The molecule has 0 bridgehead atoms. The molecule has 11 heteroatoms. The van der Waals surface area contributed by atoms with Crippen LogP contribution in [0.25, 0.3) is 22.3 Å². The van der Waals surface area contributed by atoms with E-state index in [1.165, 1.54) is 48.8 Å². The number of methoxy groups -OCH3 is 1. The molecule has 0 aliphatic heterocycles. The topological polar surface area (TPSA) is 147 Å². The van der Waals surface area contributed by atoms with Crippen LogP contribution in [0.2, 0.25) is 0 Å². The van der Waals surface area contributed by atoms with Crippen LogP contribution >= 0.6 is 11.3 Å². The zero-order valence-electron chi connectivity index (χ0n) is 19.5. The van der Waals surface area contributed by atoms with Crippen LogP contribution < -0.4 is 4.74 Å². The van der Waals surface area contributed by atoms with Crippen LogP contribution in [0.15, 0.2) is 42.6 Å². The summed E-state index contributed by atoms with van der Waals surface area (Å²) < 4.78 is 7.08. The molecule has 3 N–H and O–H groups in total. The minimum absolute atomic E-state index is 0.188. The number of rotatable bonds is 9. The Balaban J connectivity index is 1.80. The van der Waals surface area contributed by atoms with Crippen molar-refractivity contribution in [3.8, 4) is 17.0 Å². The number of thiazole rings is 1. The van der Waals surface area contributed by atoms with Crippen LogP contribution in [0.1, 0.15) is 37.6 Å². The van der Waals surface area contributed by atoms with Crippen molar-refractivity contribution in [3.63, 3.8) is 0 Å². The van der Waals surface area contributed by atoms with Crippen molar-refractivity contribution in [2.24, 2.45) is 0 Å². The average molecular weight is 510 g/mol. The number of ketones is 1. The number of aryl methyl sites for hydroxylation is 1. The predicted octanol–water partition coefficient (Wildman–Crippen LogP) is 3.66. The lowest BCUT2D eigenvalue weighted by molar-refractivity contribution is -0.385. The van der Waals surface area contributed by atoms with Gasteiger partial charge in [0, 0.05) is 33.8 Å². The van der Waals surface area contributed by atoms with Crippen molar-refractivity contribution in [2.45, 2.75) is 26.7 Å². The van der Waals surface area contributed by atoms with E-state index in [1.807, 2.05) is 13.1 Å². The average Bonchev–Trinajstić information content (AvgIpc) is 3.41. The van der Waals surface area contributed by atoms with Gasteiger partial charge in [-0.25, -0.2) is 4.98 Å². The van der Waals surface area contributed by atoms with E-state index < -0.39 is 11.5 Å². The molecule has 36 heavy (non-hydrogen) atoms. The molecule has 0 aliphatic rings. The molecular formula is C25H23N3O7S. The van der Waals surface area contributed by atoms with Gasteiger partial charge in [0.05, 0.1) is 48.8 Å². The van der Waals surface area contributed by atoms with E-state index in [0.717, 1.165) is 4.88 Å². The summed E-state index contributed by atoms with van der Waals surface area (Å²) in [6, 6.07) is 7.48. The van der Waals surface area contributed by atoms with E-state index in [9.17, 15) is 30.2 Å². The molecule has 2 aromatic heterocycles. The SMILES string of the molecule is COc1cc(C(=O)/C=C/c2c(-c3ccc(CO)c([N+](=O)[O-])c3)nc3sc(C)cn23)cc(CO)c1CO. The van der Waals surface area contributed by atoms with Crippen molar-refractivity contribution in [1.82, 2.24) is 9.38 Å². The summed E-state index contributed by atoms with van der Waals surface area (Å²) in [5.41, 5.74) is 2.48. The fourth-order valence-corrected chi connectivity index (χ4v) is 4.79. The molecule has 0 saturated carbocycles. The standard InChI is InChI=1S/C25H23N3O7S/c1-14-10-27-20(5-6-22(32)17-7-18(12-30)19(13-31)23(9-17)35-2)24(26-25(27)36-14)15-3-4-16(11-29)21(8-15)28(33)34/h3-10,29-31H,11-13H2,1-2H3/b6-5+. The predicted molar refractivity (Wildman–Crippen MR) is 134 cm³/mol. The van der Waals surface area contributed by atoms with Gasteiger partial charge in [-0.2, -0.15) is 0 Å². The maximum atomic E-state index is 13.1. The molecule has 2 heterocycles. The lowest BCUT2D eigenvalue weighted by Crippen LogP contribution is -2.04. The number of carbonyl (C=O) groups excluding carboxylic acids is 1. The summed E-state index contributed by atoms with van der Waals surface area (Å²) in [7, 11) is 1.41. The van der Waals surface area contributed by atoms with Crippen molar-refractivity contribution in [3.05, 3.63) is 85.5 Å². The first kappa shape index (κ1) is 25.2. The van der Waals surface area contributed by atoms with Crippen molar-refractivity contribution < 1.29 is 29.8 Å². The second-order valence-corrected chi connectivity index (χ2v) is 9.14. The van der Waals surface area contributed by atoms with Gasteiger partial charge in [0.15, 0.2) is 10.7 Å². The Morgan fingerprint density at radius 2 is 1.92 bits per heavy atom. The van der Waals surface area contributed by atoms with E-state index in [0.29, 0.717) is 33.0 Å². The van der Waals surface area contributed by atoms with Crippen LogP contribution in [0.5, 0.6) is 5.75 Å². The van der Waals surface area contributed by atoms with Gasteiger partial charge in [-0.1, -0.05) is 6.07 Å². The van der Waals surface area contributed by atoms with Gasteiger partial charge in [-0.15, -0.1) is 11.3 Å². The summed E-state index contributed by atoms with van der Waals surface area (Å²) in [5.74, 6) is -0.0834. The molecule has 0 atom stereocenters. The number of imidazole rings is 1. The molecule has 0 amide bonds. The van der Waals surface area contributed by atoms with Gasteiger partial charge in [0.2, 0.25) is 0 Å². The van der Waals surface area contributed by atoms with Crippen molar-refractivity contribution in [1.29, 1.82) is 0 Å². The molecule has 0 aliphatic carbocycles. The fourth-order valence-electron chi connectivity index (χ4n) is 3.96. The highest BCUT2D eigenvalue weighted by atomic mass is 32.1. The molecule has 0 unspecified atom stereocenters. The Bertz CT molecular complexity index is 1480. The van der Waals surface area contributed by atoms with Crippen LogP contribution in [0.3, 0.4) is 0 Å². The van der Waals surface area contributed by atoms with E-state index in [2.05, 4.69) is 4.98 Å². The highest BCUT2D eigenvalue weighted by Gasteiger charge is 2.20. The van der Waals surface area contributed by atoms with Gasteiger partial charge >= 0.3 is 0 Å². The minimum atomic E-state index is -0.557. The van der Waals surface area contributed by atoms with Crippen molar-refractivity contribution >= 4 is 33.8 Å². The molecule has 186 valence electrons. The quantitative estimate of drug-likeness (QED) is 0.134. The summed E-state index contributed by atoms with van der Waals surface area (Å²) >= 11 is 1.44. The third-order valence-corrected chi connectivity index (χ3v) is 6.63. The number of allylic oxidation sites excluding steroid dienone is 1. The largest absolute Gasteiger partial charge is 0.496 e. The van der Waals surface area contributed by atoms with E-state index in [1.54, 1.807) is 16.5 Å². The number of carbonyl (C=O) groups is 1. The number of hydrogen-bond donors (Lipinski definition) is 3. The zero-order valence-corrected chi connectivity index (χ0v) is 20.3. The minimum Gasteiger partial charge on any atom is -0.496 e. The molecule has 4 aromatic rings. The summed E-state index contributed by atoms with van der Waals surface area (Å²) in [4.78, 5) is 30.3. The second kappa shape index (κ2) is 10.4. The van der Waals surface area contributed by atoms with Gasteiger partial charge in [-0.05, 0) is 42.8 Å². The van der Waals surface area contributed by atoms with Crippen LogP contribution in [-0.2, 0) is 19.8 Å². The van der Waals surface area contributed by atoms with Crippen LogP contribution in [-0.4, -0.2) is 42.5 Å². The molecule has 4 rings (SSSR count). The number of nitrogens with zero attached hydrogens (tertiary/aromatic N) is 3. The maximum Gasteiger partial charge on any atom is 0.275 e. The highest BCUT2D eigenvalue weighted by molar-refractivity contribution is 7.17. The number of hydrogen-bond acceptors (Lipinski definition) is 9. The Labute approximate surface area is 209 Å². The van der Waals surface area contributed by atoms with E-state index >= 15 is 0 Å². The van der Waals surface area contributed by atoms with E-state index in [4.69, 9.17) is 4.74 Å². The highest BCUT2D eigenvalue weighted by Crippen LogP contribution is 2.33. The third-order valence-electron chi connectivity index (χ3n) is 5.73. The molecule has 0 saturated heterocycles. The lowest BCUT2D eigenvalue weighted by atomic mass is 10.0. The number of benzene rings is 2. The normalized spacial score (nSPS) is 11.5. The first-order chi connectivity index (χ1) is 17.3. The molecule has 0 fully saturated rings.